The number of rotatable bonds is 6. The van der Waals surface area contributed by atoms with Crippen molar-refractivity contribution in [3.63, 3.8) is 0 Å². The number of amides is 1. The second-order valence-corrected chi connectivity index (χ2v) is 7.38. The van der Waals surface area contributed by atoms with Gasteiger partial charge in [-0.3, -0.25) is 14.4 Å². The molecular weight excluding hydrogens is 344 g/mol. The Balaban J connectivity index is 1.77. The molecule has 7 nitrogen and oxygen atoms in total. The van der Waals surface area contributed by atoms with E-state index < -0.39 is 6.04 Å². The Morgan fingerprint density at radius 2 is 1.96 bits per heavy atom. The van der Waals surface area contributed by atoms with Gasteiger partial charge in [-0.1, -0.05) is 6.07 Å². The number of fused-ring (bicyclic) bond motifs is 1. The van der Waals surface area contributed by atoms with E-state index in [-0.39, 0.29) is 18.7 Å². The first kappa shape index (κ1) is 19.2. The maximum absolute atomic E-state index is 13.0. The van der Waals surface area contributed by atoms with Crippen LogP contribution in [-0.2, 0) is 11.3 Å². The Bertz CT molecular complexity index is 842. The molecule has 146 valence electrons. The zero-order chi connectivity index (χ0) is 19.7. The first-order valence-corrected chi connectivity index (χ1v) is 9.17. The highest BCUT2D eigenvalue weighted by atomic mass is 16.7. The molecule has 1 aromatic heterocycles. The van der Waals surface area contributed by atoms with E-state index in [1.54, 1.807) is 0 Å². The number of nitrogens with one attached hydrogen (secondary N) is 1. The third-order valence-electron chi connectivity index (χ3n) is 4.88. The summed E-state index contributed by atoms with van der Waals surface area (Å²) >= 11 is 0. The van der Waals surface area contributed by atoms with Crippen LogP contribution in [0.25, 0.3) is 0 Å². The third kappa shape index (κ3) is 3.78. The number of nitrogens with zero attached hydrogens (tertiary/aromatic N) is 3. The summed E-state index contributed by atoms with van der Waals surface area (Å²) in [6, 6.07) is 5.50. The zero-order valence-electron chi connectivity index (χ0n) is 16.9. The van der Waals surface area contributed by atoms with E-state index in [0.717, 1.165) is 22.5 Å². The van der Waals surface area contributed by atoms with Crippen molar-refractivity contribution in [2.24, 2.45) is 0 Å². The average molecular weight is 372 g/mol. The molecule has 1 aromatic carbocycles. The summed E-state index contributed by atoms with van der Waals surface area (Å²) in [7, 11) is 3.78. The Morgan fingerprint density at radius 3 is 2.59 bits per heavy atom. The molecule has 0 unspecified atom stereocenters. The van der Waals surface area contributed by atoms with Crippen LogP contribution in [0.1, 0.15) is 48.4 Å². The molecule has 1 amide bonds. The van der Waals surface area contributed by atoms with E-state index in [4.69, 9.17) is 9.47 Å². The normalized spacial score (nSPS) is 14.1. The van der Waals surface area contributed by atoms with E-state index in [0.29, 0.717) is 18.0 Å². The van der Waals surface area contributed by atoms with Gasteiger partial charge in [-0.25, -0.2) is 0 Å². The second kappa shape index (κ2) is 7.60. The van der Waals surface area contributed by atoms with E-state index in [9.17, 15) is 4.79 Å². The molecule has 0 spiro atoms. The van der Waals surface area contributed by atoms with Gasteiger partial charge >= 0.3 is 0 Å². The van der Waals surface area contributed by atoms with Gasteiger partial charge in [-0.15, -0.1) is 0 Å². The Hall–Kier alpha value is -2.54. The third-order valence-corrected chi connectivity index (χ3v) is 4.88. The predicted molar refractivity (Wildman–Crippen MR) is 103 cm³/mol. The van der Waals surface area contributed by atoms with Gasteiger partial charge in [0.05, 0.1) is 5.69 Å². The molecule has 1 aliphatic rings. The molecule has 7 heteroatoms. The summed E-state index contributed by atoms with van der Waals surface area (Å²) in [4.78, 5) is 14.9. The lowest BCUT2D eigenvalue weighted by atomic mass is 10.0. The van der Waals surface area contributed by atoms with Crippen molar-refractivity contribution in [3.8, 4) is 11.5 Å². The fourth-order valence-corrected chi connectivity index (χ4v) is 3.50. The van der Waals surface area contributed by atoms with E-state index in [2.05, 4.69) is 24.3 Å². The number of carbonyl (C=O) groups is 1. The van der Waals surface area contributed by atoms with Crippen molar-refractivity contribution >= 4 is 5.91 Å². The molecule has 0 saturated heterocycles. The largest absolute Gasteiger partial charge is 0.454 e. The number of aromatic nitrogens is 2. The summed E-state index contributed by atoms with van der Waals surface area (Å²) in [5, 5.41) is 7.66. The minimum Gasteiger partial charge on any atom is -0.454 e. The summed E-state index contributed by atoms with van der Waals surface area (Å²) in [5.74, 6) is 1.33. The molecule has 0 fully saturated rings. The van der Waals surface area contributed by atoms with Gasteiger partial charge in [0.2, 0.25) is 12.7 Å². The molecule has 0 saturated carbocycles. The van der Waals surface area contributed by atoms with Crippen LogP contribution < -0.4 is 14.8 Å². The molecule has 3 rings (SSSR count). The number of ether oxygens (including phenoxy) is 2. The van der Waals surface area contributed by atoms with Crippen molar-refractivity contribution < 1.29 is 14.3 Å². The van der Waals surface area contributed by atoms with Crippen LogP contribution in [0.4, 0.5) is 0 Å². The van der Waals surface area contributed by atoms with Crippen LogP contribution >= 0.6 is 0 Å². The van der Waals surface area contributed by atoms with E-state index >= 15 is 0 Å². The minimum atomic E-state index is -0.416. The quantitative estimate of drug-likeness (QED) is 0.844. The predicted octanol–water partition coefficient (Wildman–Crippen LogP) is 2.73. The van der Waals surface area contributed by atoms with Gasteiger partial charge in [0.1, 0.15) is 6.04 Å². The Morgan fingerprint density at radius 1 is 1.26 bits per heavy atom. The zero-order valence-corrected chi connectivity index (χ0v) is 16.9. The average Bonchev–Trinajstić information content (AvgIpc) is 3.17. The van der Waals surface area contributed by atoms with Gasteiger partial charge in [0.15, 0.2) is 11.5 Å². The summed E-state index contributed by atoms with van der Waals surface area (Å²) in [6.45, 7) is 8.90. The number of hydrogen-bond donors (Lipinski definition) is 1. The lowest BCUT2D eigenvalue weighted by Crippen LogP contribution is -2.36. The van der Waals surface area contributed by atoms with Gasteiger partial charge < -0.3 is 14.8 Å². The number of carbonyl (C=O) groups excluding carboxylic acids is 1. The highest BCUT2D eigenvalue weighted by Crippen LogP contribution is 2.35. The molecular formula is C20H28N4O3. The highest BCUT2D eigenvalue weighted by Gasteiger charge is 2.26. The monoisotopic (exact) mass is 372 g/mol. The standard InChI is InChI=1S/C20H28N4O3/c1-12(2)24-14(4)16(13(3)22-24)10-21-20(25)19(23(5)6)15-7-8-17-18(9-15)27-11-26-17/h7-9,12,19H,10-11H2,1-6H3,(H,21,25)/t19-/m0/s1. The van der Waals surface area contributed by atoms with Crippen molar-refractivity contribution in [3.05, 3.63) is 40.7 Å². The summed E-state index contributed by atoms with van der Waals surface area (Å²) < 4.78 is 12.8. The maximum atomic E-state index is 13.0. The number of benzene rings is 1. The first-order chi connectivity index (χ1) is 12.8. The molecule has 2 heterocycles. The van der Waals surface area contributed by atoms with Crippen LogP contribution in [0.5, 0.6) is 11.5 Å². The molecule has 0 aliphatic carbocycles. The van der Waals surface area contributed by atoms with Crippen molar-refractivity contribution in [2.45, 2.75) is 46.3 Å². The topological polar surface area (TPSA) is 68.6 Å². The van der Waals surface area contributed by atoms with E-state index in [1.165, 1.54) is 0 Å². The van der Waals surface area contributed by atoms with E-state index in [1.807, 2.05) is 55.7 Å². The van der Waals surface area contributed by atoms with Crippen LogP contribution in [0.15, 0.2) is 18.2 Å². The van der Waals surface area contributed by atoms with Crippen molar-refractivity contribution in [2.75, 3.05) is 20.9 Å². The molecule has 27 heavy (non-hydrogen) atoms. The first-order valence-electron chi connectivity index (χ1n) is 9.17. The minimum absolute atomic E-state index is 0.0602. The molecule has 0 bridgehead atoms. The number of aryl methyl sites for hydroxylation is 1. The fraction of sp³-hybridized carbons (Fsp3) is 0.500. The number of likely N-dealkylation sites (N-methyl/N-ethyl adjacent to an activating group) is 1. The van der Waals surface area contributed by atoms with Crippen LogP contribution in [0.2, 0.25) is 0 Å². The second-order valence-electron chi connectivity index (χ2n) is 7.38. The molecule has 2 aromatic rings. The molecule has 1 N–H and O–H groups in total. The maximum Gasteiger partial charge on any atom is 0.242 e. The van der Waals surface area contributed by atoms with Crippen LogP contribution in [-0.4, -0.2) is 41.5 Å². The van der Waals surface area contributed by atoms with Gasteiger partial charge in [0.25, 0.3) is 0 Å². The van der Waals surface area contributed by atoms with Gasteiger partial charge in [0, 0.05) is 23.8 Å². The highest BCUT2D eigenvalue weighted by molar-refractivity contribution is 5.83. The van der Waals surface area contributed by atoms with Gasteiger partial charge in [-0.2, -0.15) is 5.10 Å². The molecule has 0 radical (unpaired) electrons. The lowest BCUT2D eigenvalue weighted by molar-refractivity contribution is -0.125. The molecule has 1 aliphatic heterocycles. The van der Waals surface area contributed by atoms with Crippen LogP contribution in [0, 0.1) is 13.8 Å². The SMILES string of the molecule is Cc1nn(C(C)C)c(C)c1CNC(=O)[C@H](c1ccc2c(c1)OCO2)N(C)C. The summed E-state index contributed by atoms with van der Waals surface area (Å²) in [6.07, 6.45) is 0. The number of hydrogen-bond acceptors (Lipinski definition) is 5. The fourth-order valence-electron chi connectivity index (χ4n) is 3.50. The van der Waals surface area contributed by atoms with Crippen molar-refractivity contribution in [1.29, 1.82) is 0 Å². The molecule has 1 atom stereocenters. The van der Waals surface area contributed by atoms with Crippen LogP contribution in [0.3, 0.4) is 0 Å². The summed E-state index contributed by atoms with van der Waals surface area (Å²) in [5.41, 5.74) is 3.98. The Labute approximate surface area is 160 Å². The Kier molecular flexibility index (Phi) is 5.41. The van der Waals surface area contributed by atoms with Crippen molar-refractivity contribution in [1.82, 2.24) is 20.0 Å². The van der Waals surface area contributed by atoms with Gasteiger partial charge in [-0.05, 0) is 59.5 Å². The lowest BCUT2D eigenvalue weighted by Gasteiger charge is -2.24. The smallest absolute Gasteiger partial charge is 0.242 e.